The lowest BCUT2D eigenvalue weighted by molar-refractivity contribution is -0.147. The van der Waals surface area contributed by atoms with Crippen LogP contribution < -0.4 is 4.72 Å². The predicted octanol–water partition coefficient (Wildman–Crippen LogP) is 5.33. The van der Waals surface area contributed by atoms with Crippen LogP contribution in [0.5, 0.6) is 0 Å². The van der Waals surface area contributed by atoms with Crippen molar-refractivity contribution in [2.24, 2.45) is 0 Å². The van der Waals surface area contributed by atoms with Crippen LogP contribution in [0, 0.1) is 11.3 Å². The van der Waals surface area contributed by atoms with Crippen molar-refractivity contribution in [2.75, 3.05) is 0 Å². The lowest BCUT2D eigenvalue weighted by Crippen LogP contribution is -2.42. The molecule has 4 rings (SSSR count). The quantitative estimate of drug-likeness (QED) is 0.449. The van der Waals surface area contributed by atoms with Gasteiger partial charge in [-0.1, -0.05) is 12.8 Å². The Morgan fingerprint density at radius 2 is 1.78 bits per heavy atom. The second-order valence-corrected chi connectivity index (χ2v) is 10.2. The molecule has 1 fully saturated rings. The van der Waals surface area contributed by atoms with Gasteiger partial charge in [-0.2, -0.15) is 36.3 Å². The smallest absolute Gasteiger partial charge is 0.320 e. The average molecular weight is 531 g/mol. The SMILES string of the molecule is CC(NS(=O)(=O)c1ccc(-c2c(C#N)c3cc(C(F)(F)F)cnc3n2C2CCCC2)nc1)C(F)(F)F. The zero-order valence-corrected chi connectivity index (χ0v) is 19.5. The minimum Gasteiger partial charge on any atom is -0.320 e. The molecule has 1 saturated carbocycles. The number of rotatable bonds is 5. The monoisotopic (exact) mass is 531 g/mol. The predicted molar refractivity (Wildman–Crippen MR) is 116 cm³/mol. The fraction of sp³-hybridized carbons (Fsp3) is 0.409. The highest BCUT2D eigenvalue weighted by Gasteiger charge is 2.39. The molecular formula is C22H19F6N5O2S. The molecule has 1 N–H and O–H groups in total. The van der Waals surface area contributed by atoms with Crippen LogP contribution in [0.3, 0.4) is 0 Å². The standard InChI is InChI=1S/C22H19F6N5O2S/c1-12(21(23,24)25)32-36(34,35)15-6-7-18(30-11-15)19-17(9-29)16-8-13(22(26,27)28)10-31-20(16)33(19)14-4-2-3-5-14/h6-8,10-12,14,32H,2-5H2,1H3. The van der Waals surface area contributed by atoms with Crippen LogP contribution in [0.15, 0.2) is 35.5 Å². The van der Waals surface area contributed by atoms with Gasteiger partial charge in [0, 0.05) is 23.8 Å². The number of nitrogens with zero attached hydrogens (tertiary/aromatic N) is 4. The Morgan fingerprint density at radius 3 is 2.31 bits per heavy atom. The first-order valence-corrected chi connectivity index (χ1v) is 12.3. The number of nitriles is 1. The van der Waals surface area contributed by atoms with Crippen molar-refractivity contribution in [1.29, 1.82) is 5.26 Å². The summed E-state index contributed by atoms with van der Waals surface area (Å²) in [6.07, 6.45) is -4.85. The van der Waals surface area contributed by atoms with Crippen molar-refractivity contribution in [1.82, 2.24) is 19.3 Å². The van der Waals surface area contributed by atoms with E-state index in [9.17, 15) is 40.0 Å². The average Bonchev–Trinajstić information content (AvgIpc) is 3.42. The highest BCUT2D eigenvalue weighted by atomic mass is 32.2. The molecular weight excluding hydrogens is 512 g/mol. The van der Waals surface area contributed by atoms with Crippen molar-refractivity contribution in [3.63, 3.8) is 0 Å². The van der Waals surface area contributed by atoms with Crippen LogP contribution >= 0.6 is 0 Å². The second kappa shape index (κ2) is 9.04. The summed E-state index contributed by atoms with van der Waals surface area (Å²) in [5.74, 6) is 0. The Labute approximate surface area is 201 Å². The Balaban J connectivity index is 1.85. The largest absolute Gasteiger partial charge is 0.417 e. The van der Waals surface area contributed by atoms with Crippen molar-refractivity contribution in [3.8, 4) is 17.5 Å². The van der Waals surface area contributed by atoms with Gasteiger partial charge >= 0.3 is 12.4 Å². The molecule has 36 heavy (non-hydrogen) atoms. The summed E-state index contributed by atoms with van der Waals surface area (Å²) in [4.78, 5) is 7.54. The number of fused-ring (bicyclic) bond motifs is 1. The number of sulfonamides is 1. The maximum atomic E-state index is 13.3. The molecule has 0 amide bonds. The minimum absolute atomic E-state index is 0.0200. The summed E-state index contributed by atoms with van der Waals surface area (Å²) >= 11 is 0. The van der Waals surface area contributed by atoms with E-state index in [1.807, 2.05) is 6.07 Å². The van der Waals surface area contributed by atoms with E-state index in [-0.39, 0.29) is 34.0 Å². The molecule has 7 nitrogen and oxygen atoms in total. The third-order valence-corrected chi connectivity index (χ3v) is 7.61. The van der Waals surface area contributed by atoms with Gasteiger partial charge < -0.3 is 4.57 Å². The summed E-state index contributed by atoms with van der Waals surface area (Å²) in [6, 6.07) is 2.49. The first kappa shape index (κ1) is 25.9. The van der Waals surface area contributed by atoms with Gasteiger partial charge in [-0.05, 0) is 38.0 Å². The maximum absolute atomic E-state index is 13.3. The fourth-order valence-electron chi connectivity index (χ4n) is 4.27. The molecule has 3 aromatic heterocycles. The molecule has 14 heteroatoms. The molecule has 0 saturated heterocycles. The van der Waals surface area contributed by atoms with Crippen LogP contribution in [0.4, 0.5) is 26.3 Å². The molecule has 3 heterocycles. The summed E-state index contributed by atoms with van der Waals surface area (Å²) in [7, 11) is -4.57. The Kier molecular flexibility index (Phi) is 6.50. The van der Waals surface area contributed by atoms with E-state index in [1.165, 1.54) is 10.8 Å². The highest BCUT2D eigenvalue weighted by Crippen LogP contribution is 2.41. The summed E-state index contributed by atoms with van der Waals surface area (Å²) in [5.41, 5.74) is -0.719. The molecule has 1 atom stereocenters. The Bertz CT molecular complexity index is 1430. The van der Waals surface area contributed by atoms with Gasteiger partial charge in [0.15, 0.2) is 0 Å². The van der Waals surface area contributed by atoms with Crippen LogP contribution in [0.1, 0.15) is 49.8 Å². The van der Waals surface area contributed by atoms with E-state index in [0.717, 1.165) is 31.2 Å². The Morgan fingerprint density at radius 1 is 1.11 bits per heavy atom. The molecule has 1 unspecified atom stereocenters. The van der Waals surface area contributed by atoms with E-state index < -0.39 is 38.9 Å². The summed E-state index contributed by atoms with van der Waals surface area (Å²) < 4.78 is 106. The molecule has 192 valence electrons. The van der Waals surface area contributed by atoms with Crippen LogP contribution in [0.2, 0.25) is 0 Å². The first-order chi connectivity index (χ1) is 16.7. The topological polar surface area (TPSA) is 101 Å². The molecule has 0 radical (unpaired) electrons. The van der Waals surface area contributed by atoms with Crippen LogP contribution in [-0.2, 0) is 16.2 Å². The van der Waals surface area contributed by atoms with Crippen molar-refractivity contribution < 1.29 is 34.8 Å². The van der Waals surface area contributed by atoms with Gasteiger partial charge in [-0.25, -0.2) is 13.4 Å². The number of nitrogens with one attached hydrogen (secondary N) is 1. The lowest BCUT2D eigenvalue weighted by atomic mass is 10.1. The number of alkyl halides is 6. The number of hydrogen-bond donors (Lipinski definition) is 1. The van der Waals surface area contributed by atoms with E-state index in [1.54, 1.807) is 4.57 Å². The molecule has 1 aliphatic rings. The molecule has 0 spiro atoms. The molecule has 1 aliphatic carbocycles. The number of pyridine rings is 2. The summed E-state index contributed by atoms with van der Waals surface area (Å²) in [6.45, 7) is 0.654. The molecule has 0 bridgehead atoms. The van der Waals surface area contributed by atoms with Gasteiger partial charge in [-0.3, -0.25) is 4.98 Å². The van der Waals surface area contributed by atoms with Gasteiger partial charge in [-0.15, -0.1) is 0 Å². The molecule has 0 aromatic carbocycles. The van der Waals surface area contributed by atoms with Gasteiger partial charge in [0.25, 0.3) is 0 Å². The zero-order chi connectivity index (χ0) is 26.5. The van der Waals surface area contributed by atoms with E-state index in [0.29, 0.717) is 26.0 Å². The second-order valence-electron chi connectivity index (χ2n) is 8.50. The summed E-state index contributed by atoms with van der Waals surface area (Å²) in [5, 5.41) is 9.85. The minimum atomic E-state index is -4.80. The van der Waals surface area contributed by atoms with Crippen LogP contribution in [-0.4, -0.2) is 35.2 Å². The van der Waals surface area contributed by atoms with Gasteiger partial charge in [0.1, 0.15) is 22.7 Å². The van der Waals surface area contributed by atoms with E-state index >= 15 is 0 Å². The van der Waals surface area contributed by atoms with Crippen molar-refractivity contribution in [3.05, 3.63) is 41.7 Å². The number of hydrogen-bond acceptors (Lipinski definition) is 5. The van der Waals surface area contributed by atoms with E-state index in [4.69, 9.17) is 0 Å². The Hall–Kier alpha value is -3.18. The third-order valence-electron chi connectivity index (χ3n) is 6.08. The van der Waals surface area contributed by atoms with Crippen LogP contribution in [0.25, 0.3) is 22.4 Å². The highest BCUT2D eigenvalue weighted by molar-refractivity contribution is 7.89. The maximum Gasteiger partial charge on any atom is 0.417 e. The van der Waals surface area contributed by atoms with Gasteiger partial charge in [0.05, 0.1) is 22.5 Å². The number of halogens is 6. The van der Waals surface area contributed by atoms with Crippen molar-refractivity contribution in [2.45, 2.75) is 61.9 Å². The van der Waals surface area contributed by atoms with Crippen molar-refractivity contribution >= 4 is 21.1 Å². The normalized spacial score (nSPS) is 16.4. The first-order valence-electron chi connectivity index (χ1n) is 10.8. The third kappa shape index (κ3) is 4.77. The number of aromatic nitrogens is 3. The van der Waals surface area contributed by atoms with E-state index in [2.05, 4.69) is 9.97 Å². The zero-order valence-electron chi connectivity index (χ0n) is 18.7. The lowest BCUT2D eigenvalue weighted by Gasteiger charge is -2.18. The van der Waals surface area contributed by atoms with Gasteiger partial charge in [0.2, 0.25) is 10.0 Å². The fourth-order valence-corrected chi connectivity index (χ4v) is 5.45. The molecule has 0 aliphatic heterocycles. The molecule has 3 aromatic rings.